The Balaban J connectivity index is 0.000000406. The van der Waals surface area contributed by atoms with Gasteiger partial charge >= 0.3 is 5.97 Å². The Morgan fingerprint density at radius 2 is 1.46 bits per heavy atom. The maximum atomic E-state index is 12.4. The van der Waals surface area contributed by atoms with Crippen LogP contribution in [0.25, 0.3) is 22.0 Å². The van der Waals surface area contributed by atoms with Crippen LogP contribution in [0.1, 0.15) is 46.1 Å². The van der Waals surface area contributed by atoms with Crippen molar-refractivity contribution in [2.45, 2.75) is 47.0 Å². The van der Waals surface area contributed by atoms with Gasteiger partial charge in [-0.2, -0.15) is 5.06 Å². The van der Waals surface area contributed by atoms with Crippen LogP contribution in [-0.4, -0.2) is 49.9 Å². The minimum Gasteiger partial charge on any atom is -0.330 e. The van der Waals surface area contributed by atoms with E-state index in [0.717, 1.165) is 35.9 Å². The van der Waals surface area contributed by atoms with Gasteiger partial charge in [-0.1, -0.05) is 62.4 Å². The van der Waals surface area contributed by atoms with Crippen molar-refractivity contribution in [1.29, 1.82) is 0 Å². The molecule has 1 aromatic heterocycles. The molecule has 0 spiro atoms. The number of hydroxylamine groups is 4. The van der Waals surface area contributed by atoms with Gasteiger partial charge in [-0.15, -0.1) is 5.06 Å². The first-order valence-corrected chi connectivity index (χ1v) is 11.7. The number of aromatic nitrogens is 1. The SMILES string of the molecule is CC.CC(=O)N(OC(=O)Cc1cnc2ccccc2c1-c1ccccc1)C(C)=O.O=C1CCC(=O)N1O. The lowest BCUT2D eigenvalue weighted by atomic mass is 9.95. The lowest BCUT2D eigenvalue weighted by Crippen LogP contribution is -2.36. The van der Waals surface area contributed by atoms with Crippen LogP contribution >= 0.6 is 0 Å². The topological polar surface area (TPSA) is 134 Å². The second-order valence-corrected chi connectivity index (χ2v) is 7.61. The van der Waals surface area contributed by atoms with E-state index in [-0.39, 0.29) is 24.3 Å². The largest absolute Gasteiger partial charge is 0.337 e. The molecule has 0 atom stereocenters. The number of amides is 4. The minimum absolute atomic E-state index is 0.126. The Labute approximate surface area is 214 Å². The summed E-state index contributed by atoms with van der Waals surface area (Å²) < 4.78 is 0. The summed E-state index contributed by atoms with van der Waals surface area (Å²) in [5, 5.41) is 9.93. The van der Waals surface area contributed by atoms with Crippen LogP contribution in [0.2, 0.25) is 0 Å². The Morgan fingerprint density at radius 1 is 0.919 bits per heavy atom. The lowest BCUT2D eigenvalue weighted by molar-refractivity contribution is -0.200. The molecule has 10 nitrogen and oxygen atoms in total. The Kier molecular flexibility index (Phi) is 10.6. The highest BCUT2D eigenvalue weighted by Crippen LogP contribution is 2.31. The summed E-state index contributed by atoms with van der Waals surface area (Å²) in [5.74, 6) is -3.04. The van der Waals surface area contributed by atoms with Gasteiger partial charge < -0.3 is 4.84 Å². The minimum atomic E-state index is -0.713. The predicted octanol–water partition coefficient (Wildman–Crippen LogP) is 3.85. The van der Waals surface area contributed by atoms with E-state index in [1.165, 1.54) is 0 Å². The molecule has 0 bridgehead atoms. The number of hydrogen-bond acceptors (Lipinski definition) is 8. The number of nitrogens with zero attached hydrogens (tertiary/aromatic N) is 3. The summed E-state index contributed by atoms with van der Waals surface area (Å²) in [6, 6.07) is 17.3. The molecule has 1 aliphatic rings. The summed E-state index contributed by atoms with van der Waals surface area (Å²) in [4.78, 5) is 65.1. The fourth-order valence-corrected chi connectivity index (χ4v) is 3.47. The van der Waals surface area contributed by atoms with Crippen LogP contribution in [0.5, 0.6) is 0 Å². The van der Waals surface area contributed by atoms with Crippen molar-refractivity contribution in [3.05, 3.63) is 66.4 Å². The van der Waals surface area contributed by atoms with E-state index in [4.69, 9.17) is 10.0 Å². The molecule has 1 aliphatic heterocycles. The van der Waals surface area contributed by atoms with E-state index in [0.29, 0.717) is 10.6 Å². The molecule has 3 aromatic rings. The van der Waals surface area contributed by atoms with Crippen molar-refractivity contribution in [1.82, 2.24) is 15.1 Å². The third-order valence-corrected chi connectivity index (χ3v) is 5.04. The maximum Gasteiger partial charge on any atom is 0.337 e. The number of carbonyl (C=O) groups is 5. The Bertz CT molecular complexity index is 1260. The highest BCUT2D eigenvalue weighted by atomic mass is 16.7. The zero-order valence-corrected chi connectivity index (χ0v) is 21.1. The molecule has 194 valence electrons. The van der Waals surface area contributed by atoms with E-state index in [1.807, 2.05) is 68.4 Å². The highest BCUT2D eigenvalue weighted by molar-refractivity contribution is 6.00. The van der Waals surface area contributed by atoms with Crippen LogP contribution in [0.3, 0.4) is 0 Å². The first kappa shape index (κ1) is 28.8. The van der Waals surface area contributed by atoms with Crippen molar-refractivity contribution < 1.29 is 34.0 Å². The number of hydrogen-bond donors (Lipinski definition) is 1. The third kappa shape index (κ3) is 7.52. The normalized spacial score (nSPS) is 12.2. The average molecular weight is 508 g/mol. The van der Waals surface area contributed by atoms with Gasteiger partial charge in [0.2, 0.25) is 0 Å². The number of rotatable bonds is 3. The number of carbonyl (C=O) groups excluding carboxylic acids is 5. The van der Waals surface area contributed by atoms with Gasteiger partial charge in [0.15, 0.2) is 0 Å². The van der Waals surface area contributed by atoms with Gasteiger partial charge in [-0.3, -0.25) is 29.4 Å². The summed E-state index contributed by atoms with van der Waals surface area (Å²) in [7, 11) is 0. The molecule has 4 rings (SSSR count). The summed E-state index contributed by atoms with van der Waals surface area (Å²) >= 11 is 0. The van der Waals surface area contributed by atoms with Crippen LogP contribution in [0.4, 0.5) is 0 Å². The molecule has 0 aliphatic carbocycles. The molecule has 1 fully saturated rings. The molecule has 2 aromatic carbocycles. The third-order valence-electron chi connectivity index (χ3n) is 5.04. The van der Waals surface area contributed by atoms with Crippen molar-refractivity contribution in [2.75, 3.05) is 0 Å². The molecule has 0 unspecified atom stereocenters. The summed E-state index contributed by atoms with van der Waals surface area (Å²) in [6.07, 6.45) is 1.79. The van der Waals surface area contributed by atoms with Crippen LogP contribution in [-0.2, 0) is 35.2 Å². The van der Waals surface area contributed by atoms with Crippen molar-refractivity contribution in [3.63, 3.8) is 0 Å². The van der Waals surface area contributed by atoms with Crippen LogP contribution < -0.4 is 0 Å². The van der Waals surface area contributed by atoms with E-state index < -0.39 is 29.6 Å². The summed E-state index contributed by atoms with van der Waals surface area (Å²) in [5.41, 5.74) is 3.27. The van der Waals surface area contributed by atoms with Gasteiger partial charge in [0.1, 0.15) is 0 Å². The molecule has 4 amide bonds. The standard InChI is InChI=1S/C21H18N2O4.C4H5NO3.C2H6/c1-14(24)23(15(2)25)27-20(26)12-17-13-22-19-11-7-6-10-18(19)21(17)16-8-4-3-5-9-16;6-3-1-2-4(7)5(3)8;1-2/h3-11,13H,12H2,1-2H3;8H,1-2H2;1-2H3. The van der Waals surface area contributed by atoms with Gasteiger partial charge in [-0.05, 0) is 22.8 Å². The number of para-hydroxylation sites is 1. The molecule has 0 saturated carbocycles. The van der Waals surface area contributed by atoms with Gasteiger partial charge in [-0.25, -0.2) is 4.79 Å². The fraction of sp³-hybridized carbons (Fsp3) is 0.259. The van der Waals surface area contributed by atoms with E-state index in [1.54, 1.807) is 6.20 Å². The molecule has 0 radical (unpaired) electrons. The number of fused-ring (bicyclic) bond motifs is 1. The molecule has 1 saturated heterocycles. The molecule has 1 N–H and O–H groups in total. The van der Waals surface area contributed by atoms with Crippen LogP contribution in [0, 0.1) is 0 Å². The Hall–Kier alpha value is -4.44. The maximum absolute atomic E-state index is 12.4. The van der Waals surface area contributed by atoms with Crippen LogP contribution in [0.15, 0.2) is 60.8 Å². The molecule has 2 heterocycles. The van der Waals surface area contributed by atoms with Gasteiger partial charge in [0.25, 0.3) is 23.6 Å². The molecular formula is C27H29N3O7. The second kappa shape index (κ2) is 13.6. The van der Waals surface area contributed by atoms with E-state index in [2.05, 4.69) is 4.98 Å². The monoisotopic (exact) mass is 507 g/mol. The smallest absolute Gasteiger partial charge is 0.330 e. The lowest BCUT2D eigenvalue weighted by Gasteiger charge is -2.17. The summed E-state index contributed by atoms with van der Waals surface area (Å²) in [6.45, 7) is 6.31. The molecular weight excluding hydrogens is 478 g/mol. The Morgan fingerprint density at radius 3 is 1.97 bits per heavy atom. The van der Waals surface area contributed by atoms with Gasteiger partial charge in [0, 0.05) is 38.3 Å². The highest BCUT2D eigenvalue weighted by Gasteiger charge is 2.27. The first-order valence-electron chi connectivity index (χ1n) is 11.7. The molecule has 10 heteroatoms. The predicted molar refractivity (Wildman–Crippen MR) is 134 cm³/mol. The van der Waals surface area contributed by atoms with E-state index in [9.17, 15) is 24.0 Å². The van der Waals surface area contributed by atoms with Crippen molar-refractivity contribution in [2.24, 2.45) is 0 Å². The zero-order valence-electron chi connectivity index (χ0n) is 21.1. The quantitative estimate of drug-likeness (QED) is 0.321. The number of imide groups is 2. The molecule has 37 heavy (non-hydrogen) atoms. The zero-order chi connectivity index (χ0) is 27.5. The fourth-order valence-electron chi connectivity index (χ4n) is 3.47. The first-order chi connectivity index (χ1) is 17.7. The van der Waals surface area contributed by atoms with Crippen molar-refractivity contribution in [3.8, 4) is 11.1 Å². The number of pyridine rings is 1. The van der Waals surface area contributed by atoms with Crippen molar-refractivity contribution >= 4 is 40.5 Å². The van der Waals surface area contributed by atoms with E-state index >= 15 is 0 Å². The number of benzene rings is 2. The average Bonchev–Trinajstić information content (AvgIpc) is 3.19. The van der Waals surface area contributed by atoms with Gasteiger partial charge in [0.05, 0.1) is 11.9 Å². The second-order valence-electron chi connectivity index (χ2n) is 7.61.